The summed E-state index contributed by atoms with van der Waals surface area (Å²) in [6, 6.07) is 4.25. The molecular formula is C10H15ClN2O3S. The Balaban J connectivity index is 2.93. The average Bonchev–Trinajstić information content (AvgIpc) is 2.29. The number of rotatable bonds is 5. The monoisotopic (exact) mass is 278 g/mol. The first-order valence-electron chi connectivity index (χ1n) is 5.02. The van der Waals surface area contributed by atoms with Crippen molar-refractivity contribution in [2.75, 3.05) is 18.9 Å². The highest BCUT2D eigenvalue weighted by Gasteiger charge is 2.18. The van der Waals surface area contributed by atoms with Gasteiger partial charge in [0.2, 0.25) is 10.0 Å². The molecule has 7 heteroatoms. The minimum Gasteiger partial charge on any atom is -0.398 e. The summed E-state index contributed by atoms with van der Waals surface area (Å²) in [5.74, 6) is -0.162. The van der Waals surface area contributed by atoms with Gasteiger partial charge in [0.05, 0.1) is 5.69 Å². The van der Waals surface area contributed by atoms with Crippen molar-refractivity contribution in [3.05, 3.63) is 23.2 Å². The van der Waals surface area contributed by atoms with Gasteiger partial charge in [-0.05, 0) is 24.1 Å². The molecule has 0 aliphatic rings. The predicted molar refractivity (Wildman–Crippen MR) is 67.3 cm³/mol. The van der Waals surface area contributed by atoms with E-state index in [0.717, 1.165) is 0 Å². The molecular weight excluding hydrogens is 264 g/mol. The molecule has 4 N–H and O–H groups in total. The van der Waals surface area contributed by atoms with Crippen LogP contribution in [0.3, 0.4) is 0 Å². The lowest BCUT2D eigenvalue weighted by Gasteiger charge is -2.12. The van der Waals surface area contributed by atoms with E-state index in [0.29, 0.717) is 5.02 Å². The zero-order chi connectivity index (χ0) is 13.1. The van der Waals surface area contributed by atoms with Crippen molar-refractivity contribution in [3.63, 3.8) is 0 Å². The first-order chi connectivity index (χ1) is 7.86. The van der Waals surface area contributed by atoms with Crippen LogP contribution in [0.25, 0.3) is 0 Å². The van der Waals surface area contributed by atoms with E-state index < -0.39 is 10.0 Å². The second-order valence-electron chi connectivity index (χ2n) is 3.82. The number of halogens is 1. The first kappa shape index (κ1) is 14.2. The van der Waals surface area contributed by atoms with E-state index in [4.69, 9.17) is 22.4 Å². The fraction of sp³-hybridized carbons (Fsp3) is 0.400. The number of hydrogen-bond acceptors (Lipinski definition) is 4. The Kier molecular flexibility index (Phi) is 4.76. The standard InChI is InChI=1S/C10H15ClN2O3S/c1-7(6-14)5-13-17(15,16)10-4-8(11)2-3-9(10)12/h2-4,7,13-14H,5-6,12H2,1H3. The third-order valence-electron chi connectivity index (χ3n) is 2.20. The third-order valence-corrected chi connectivity index (χ3v) is 3.91. The van der Waals surface area contributed by atoms with Gasteiger partial charge in [-0.3, -0.25) is 0 Å². The van der Waals surface area contributed by atoms with Gasteiger partial charge in [0.1, 0.15) is 4.90 Å². The Labute approximate surface area is 106 Å². The number of nitrogen functional groups attached to an aromatic ring is 1. The molecule has 96 valence electrons. The molecule has 0 amide bonds. The van der Waals surface area contributed by atoms with Crippen LogP contribution in [0.5, 0.6) is 0 Å². The number of sulfonamides is 1. The molecule has 0 heterocycles. The predicted octanol–water partition coefficient (Wildman–Crippen LogP) is 0.829. The zero-order valence-corrected chi connectivity index (χ0v) is 10.9. The Bertz CT molecular complexity index is 490. The quantitative estimate of drug-likeness (QED) is 0.696. The molecule has 0 fully saturated rings. The Morgan fingerprint density at radius 1 is 1.53 bits per heavy atom. The van der Waals surface area contributed by atoms with Crippen LogP contribution in [-0.2, 0) is 10.0 Å². The Morgan fingerprint density at radius 3 is 2.76 bits per heavy atom. The SMILES string of the molecule is CC(CO)CNS(=O)(=O)c1cc(Cl)ccc1N. The molecule has 0 radical (unpaired) electrons. The summed E-state index contributed by atoms with van der Waals surface area (Å²) in [5, 5.41) is 9.12. The fourth-order valence-electron chi connectivity index (χ4n) is 1.14. The topological polar surface area (TPSA) is 92.4 Å². The molecule has 0 bridgehead atoms. The number of hydrogen-bond donors (Lipinski definition) is 3. The molecule has 0 aliphatic carbocycles. The van der Waals surface area contributed by atoms with E-state index in [1.165, 1.54) is 18.2 Å². The molecule has 0 saturated carbocycles. The molecule has 17 heavy (non-hydrogen) atoms. The van der Waals surface area contributed by atoms with Crippen molar-refractivity contribution in [1.82, 2.24) is 4.72 Å². The largest absolute Gasteiger partial charge is 0.398 e. The minimum absolute atomic E-state index is 0.0462. The van der Waals surface area contributed by atoms with E-state index in [1.54, 1.807) is 6.92 Å². The molecule has 0 saturated heterocycles. The maximum Gasteiger partial charge on any atom is 0.242 e. The summed E-state index contributed by atoms with van der Waals surface area (Å²) in [4.78, 5) is -0.0462. The summed E-state index contributed by atoms with van der Waals surface area (Å²) in [6.07, 6.45) is 0. The highest BCUT2D eigenvalue weighted by Crippen LogP contribution is 2.22. The van der Waals surface area contributed by atoms with Crippen LogP contribution >= 0.6 is 11.6 Å². The van der Waals surface area contributed by atoms with Crippen molar-refractivity contribution in [1.29, 1.82) is 0 Å². The smallest absolute Gasteiger partial charge is 0.242 e. The summed E-state index contributed by atoms with van der Waals surface area (Å²) in [6.45, 7) is 1.78. The van der Waals surface area contributed by atoms with Crippen LogP contribution in [0, 0.1) is 5.92 Å². The molecule has 1 aromatic rings. The van der Waals surface area contributed by atoms with Crippen molar-refractivity contribution in [2.24, 2.45) is 5.92 Å². The number of nitrogens with two attached hydrogens (primary N) is 1. The van der Waals surface area contributed by atoms with Crippen LogP contribution in [0.4, 0.5) is 5.69 Å². The first-order valence-corrected chi connectivity index (χ1v) is 6.88. The number of anilines is 1. The second-order valence-corrected chi connectivity index (χ2v) is 5.99. The lowest BCUT2D eigenvalue weighted by molar-refractivity contribution is 0.238. The van der Waals surface area contributed by atoms with Gasteiger partial charge in [0, 0.05) is 18.2 Å². The van der Waals surface area contributed by atoms with Gasteiger partial charge < -0.3 is 10.8 Å². The van der Waals surface area contributed by atoms with E-state index >= 15 is 0 Å². The molecule has 0 aromatic heterocycles. The van der Waals surface area contributed by atoms with E-state index in [2.05, 4.69) is 4.72 Å². The second kappa shape index (κ2) is 5.68. The van der Waals surface area contributed by atoms with Crippen molar-refractivity contribution >= 4 is 27.3 Å². The van der Waals surface area contributed by atoms with Crippen LogP contribution in [-0.4, -0.2) is 26.7 Å². The maximum absolute atomic E-state index is 11.9. The molecule has 1 aromatic carbocycles. The molecule has 5 nitrogen and oxygen atoms in total. The molecule has 0 spiro atoms. The van der Waals surface area contributed by atoms with Gasteiger partial charge in [-0.1, -0.05) is 18.5 Å². The average molecular weight is 279 g/mol. The Morgan fingerprint density at radius 2 is 2.18 bits per heavy atom. The minimum atomic E-state index is -3.69. The highest BCUT2D eigenvalue weighted by molar-refractivity contribution is 7.89. The fourth-order valence-corrected chi connectivity index (χ4v) is 2.69. The van der Waals surface area contributed by atoms with Crippen LogP contribution in [0.2, 0.25) is 5.02 Å². The lowest BCUT2D eigenvalue weighted by Crippen LogP contribution is -2.30. The van der Waals surface area contributed by atoms with E-state index in [-0.39, 0.29) is 29.7 Å². The van der Waals surface area contributed by atoms with Gasteiger partial charge in [-0.2, -0.15) is 0 Å². The normalized spacial score (nSPS) is 13.6. The molecule has 1 unspecified atom stereocenters. The molecule has 1 rings (SSSR count). The van der Waals surface area contributed by atoms with E-state index in [9.17, 15) is 8.42 Å². The van der Waals surface area contributed by atoms with Gasteiger partial charge >= 0.3 is 0 Å². The Hall–Kier alpha value is -0.820. The van der Waals surface area contributed by atoms with Crippen LogP contribution in [0.15, 0.2) is 23.1 Å². The van der Waals surface area contributed by atoms with Gasteiger partial charge in [-0.15, -0.1) is 0 Å². The lowest BCUT2D eigenvalue weighted by atomic mass is 10.2. The van der Waals surface area contributed by atoms with Crippen LogP contribution in [0.1, 0.15) is 6.92 Å². The summed E-state index contributed by atoms with van der Waals surface area (Å²) in [5.41, 5.74) is 5.72. The third kappa shape index (κ3) is 3.85. The van der Waals surface area contributed by atoms with Gasteiger partial charge in [0.15, 0.2) is 0 Å². The van der Waals surface area contributed by atoms with Crippen molar-refractivity contribution in [2.45, 2.75) is 11.8 Å². The van der Waals surface area contributed by atoms with Gasteiger partial charge in [0.25, 0.3) is 0 Å². The molecule has 0 aliphatic heterocycles. The summed E-state index contributed by atoms with van der Waals surface area (Å²) >= 11 is 5.73. The summed E-state index contributed by atoms with van der Waals surface area (Å²) in [7, 11) is -3.69. The van der Waals surface area contributed by atoms with Crippen molar-refractivity contribution in [3.8, 4) is 0 Å². The van der Waals surface area contributed by atoms with E-state index in [1.807, 2.05) is 0 Å². The number of nitrogens with one attached hydrogen (secondary N) is 1. The number of benzene rings is 1. The maximum atomic E-state index is 11.9. The van der Waals surface area contributed by atoms with Crippen molar-refractivity contribution < 1.29 is 13.5 Å². The van der Waals surface area contributed by atoms with Crippen LogP contribution < -0.4 is 10.5 Å². The van der Waals surface area contributed by atoms with Gasteiger partial charge in [-0.25, -0.2) is 13.1 Å². The zero-order valence-electron chi connectivity index (χ0n) is 9.35. The number of aliphatic hydroxyl groups excluding tert-OH is 1. The molecule has 1 atom stereocenters. The number of aliphatic hydroxyl groups is 1. The highest BCUT2D eigenvalue weighted by atomic mass is 35.5. The summed E-state index contributed by atoms with van der Waals surface area (Å²) < 4.78 is 26.2.